The topological polar surface area (TPSA) is 75.7 Å². The second-order valence-corrected chi connectivity index (χ2v) is 9.20. The molecular formula is C22H24N2O4S. The first-order valence-electron chi connectivity index (χ1n) is 9.14. The summed E-state index contributed by atoms with van der Waals surface area (Å²) in [5, 5.41) is 4.88. The van der Waals surface area contributed by atoms with Crippen LogP contribution in [0.5, 0.6) is 5.75 Å². The number of fused-ring (bicyclic) bond motifs is 1. The molecule has 0 bridgehead atoms. The first kappa shape index (κ1) is 20.8. The van der Waals surface area contributed by atoms with Gasteiger partial charge in [-0.2, -0.15) is 0 Å². The van der Waals surface area contributed by atoms with Crippen LogP contribution in [-0.4, -0.2) is 39.3 Å². The Hall–Kier alpha value is -2.90. The highest BCUT2D eigenvalue weighted by atomic mass is 32.2. The Morgan fingerprint density at radius 3 is 2.38 bits per heavy atom. The van der Waals surface area contributed by atoms with Crippen LogP contribution in [0.4, 0.5) is 5.69 Å². The molecule has 6 nitrogen and oxygen atoms in total. The van der Waals surface area contributed by atoms with Crippen molar-refractivity contribution in [2.75, 3.05) is 26.0 Å². The number of nitrogens with one attached hydrogen (secondary N) is 1. The van der Waals surface area contributed by atoms with Crippen molar-refractivity contribution in [1.29, 1.82) is 0 Å². The summed E-state index contributed by atoms with van der Waals surface area (Å²) in [5.41, 5.74) is 2.04. The summed E-state index contributed by atoms with van der Waals surface area (Å²) in [6.45, 7) is 3.47. The lowest BCUT2D eigenvalue weighted by molar-refractivity contribution is -0.118. The SMILES string of the molecule is Cc1cc(S(=O)(=O)N(C)C)cc(NC(=O)COc2ccc3ccccc3c2)c1C. The molecular weight excluding hydrogens is 388 g/mol. The van der Waals surface area contributed by atoms with E-state index in [1.807, 2.05) is 56.3 Å². The predicted molar refractivity (Wildman–Crippen MR) is 115 cm³/mol. The molecule has 152 valence electrons. The number of benzene rings is 3. The van der Waals surface area contributed by atoms with Crippen molar-refractivity contribution in [2.24, 2.45) is 0 Å². The van der Waals surface area contributed by atoms with Gasteiger partial charge in [0.05, 0.1) is 4.90 Å². The molecule has 29 heavy (non-hydrogen) atoms. The number of ether oxygens (including phenoxy) is 1. The molecule has 0 atom stereocenters. The molecule has 1 amide bonds. The van der Waals surface area contributed by atoms with Gasteiger partial charge in [0, 0.05) is 19.8 Å². The molecule has 0 fully saturated rings. The first-order chi connectivity index (χ1) is 13.7. The normalized spacial score (nSPS) is 11.6. The molecule has 1 N–H and O–H groups in total. The fraction of sp³-hybridized carbons (Fsp3) is 0.227. The molecule has 0 aliphatic carbocycles. The van der Waals surface area contributed by atoms with Gasteiger partial charge in [-0.3, -0.25) is 4.79 Å². The molecule has 3 rings (SSSR count). The van der Waals surface area contributed by atoms with E-state index in [1.165, 1.54) is 20.2 Å². The fourth-order valence-electron chi connectivity index (χ4n) is 2.91. The van der Waals surface area contributed by atoms with E-state index < -0.39 is 10.0 Å². The van der Waals surface area contributed by atoms with Crippen LogP contribution in [0.3, 0.4) is 0 Å². The summed E-state index contributed by atoms with van der Waals surface area (Å²) in [6, 6.07) is 16.6. The summed E-state index contributed by atoms with van der Waals surface area (Å²) in [6.07, 6.45) is 0. The third-order valence-corrected chi connectivity index (χ3v) is 6.58. The van der Waals surface area contributed by atoms with Crippen LogP contribution in [0.25, 0.3) is 10.8 Å². The molecule has 0 spiro atoms. The van der Waals surface area contributed by atoms with Gasteiger partial charge in [-0.25, -0.2) is 12.7 Å². The zero-order chi connectivity index (χ0) is 21.2. The van der Waals surface area contributed by atoms with Crippen LogP contribution in [-0.2, 0) is 14.8 Å². The van der Waals surface area contributed by atoms with Crippen molar-refractivity contribution in [3.05, 3.63) is 65.7 Å². The number of carbonyl (C=O) groups is 1. The highest BCUT2D eigenvalue weighted by molar-refractivity contribution is 7.89. The lowest BCUT2D eigenvalue weighted by atomic mass is 10.1. The quantitative estimate of drug-likeness (QED) is 0.669. The third kappa shape index (κ3) is 4.58. The number of hydrogen-bond acceptors (Lipinski definition) is 4. The molecule has 0 saturated carbocycles. The van der Waals surface area contributed by atoms with E-state index in [0.29, 0.717) is 11.4 Å². The van der Waals surface area contributed by atoms with Gasteiger partial charge in [-0.1, -0.05) is 30.3 Å². The summed E-state index contributed by atoms with van der Waals surface area (Å²) in [5.74, 6) is 0.232. The van der Waals surface area contributed by atoms with Gasteiger partial charge in [0.25, 0.3) is 5.91 Å². The Kier molecular flexibility index (Phi) is 5.91. The van der Waals surface area contributed by atoms with Crippen molar-refractivity contribution in [1.82, 2.24) is 4.31 Å². The van der Waals surface area contributed by atoms with Gasteiger partial charge < -0.3 is 10.1 Å². The summed E-state index contributed by atoms with van der Waals surface area (Å²) in [4.78, 5) is 12.5. The second-order valence-electron chi connectivity index (χ2n) is 7.05. The van der Waals surface area contributed by atoms with Crippen LogP contribution in [0.1, 0.15) is 11.1 Å². The Morgan fingerprint density at radius 2 is 1.69 bits per heavy atom. The number of nitrogens with zero attached hydrogens (tertiary/aromatic N) is 1. The van der Waals surface area contributed by atoms with Gasteiger partial charge in [0.1, 0.15) is 5.75 Å². The molecule has 7 heteroatoms. The van der Waals surface area contributed by atoms with E-state index in [4.69, 9.17) is 4.74 Å². The summed E-state index contributed by atoms with van der Waals surface area (Å²) < 4.78 is 31.6. The van der Waals surface area contributed by atoms with Crippen molar-refractivity contribution in [3.63, 3.8) is 0 Å². The number of sulfonamides is 1. The number of carbonyl (C=O) groups excluding carboxylic acids is 1. The van der Waals surface area contributed by atoms with Gasteiger partial charge in [0.15, 0.2) is 6.61 Å². The smallest absolute Gasteiger partial charge is 0.262 e. The monoisotopic (exact) mass is 412 g/mol. The first-order valence-corrected chi connectivity index (χ1v) is 10.6. The van der Waals surface area contributed by atoms with Gasteiger partial charge in [0.2, 0.25) is 10.0 Å². The Balaban J connectivity index is 1.75. The molecule has 3 aromatic carbocycles. The molecule has 0 aliphatic rings. The predicted octanol–water partition coefficient (Wildman–Crippen LogP) is 3.72. The molecule has 0 heterocycles. The maximum absolute atomic E-state index is 12.4. The highest BCUT2D eigenvalue weighted by Gasteiger charge is 2.20. The van der Waals surface area contributed by atoms with Crippen LogP contribution in [0, 0.1) is 13.8 Å². The minimum Gasteiger partial charge on any atom is -0.484 e. The Bertz CT molecular complexity index is 1170. The van der Waals surface area contributed by atoms with Crippen molar-refractivity contribution < 1.29 is 17.9 Å². The fourth-order valence-corrected chi connectivity index (χ4v) is 3.92. The van der Waals surface area contributed by atoms with E-state index >= 15 is 0 Å². The van der Waals surface area contributed by atoms with Gasteiger partial charge >= 0.3 is 0 Å². The Labute approximate surface area is 171 Å². The second kappa shape index (κ2) is 8.23. The Morgan fingerprint density at radius 1 is 1.00 bits per heavy atom. The van der Waals surface area contributed by atoms with E-state index in [0.717, 1.165) is 26.2 Å². The summed E-state index contributed by atoms with van der Waals surface area (Å²) >= 11 is 0. The molecule has 0 radical (unpaired) electrons. The maximum Gasteiger partial charge on any atom is 0.262 e. The average Bonchev–Trinajstić information content (AvgIpc) is 2.69. The lowest BCUT2D eigenvalue weighted by Gasteiger charge is -2.16. The largest absolute Gasteiger partial charge is 0.484 e. The minimum absolute atomic E-state index is 0.136. The molecule has 0 aliphatic heterocycles. The molecule has 0 aromatic heterocycles. The summed E-state index contributed by atoms with van der Waals surface area (Å²) in [7, 11) is -0.655. The van der Waals surface area contributed by atoms with Gasteiger partial charge in [-0.05, 0) is 60.0 Å². The third-order valence-electron chi connectivity index (χ3n) is 4.78. The van der Waals surface area contributed by atoms with Gasteiger partial charge in [-0.15, -0.1) is 0 Å². The maximum atomic E-state index is 12.4. The number of anilines is 1. The highest BCUT2D eigenvalue weighted by Crippen LogP contribution is 2.26. The average molecular weight is 413 g/mol. The molecule has 3 aromatic rings. The van der Waals surface area contributed by atoms with Crippen LogP contribution < -0.4 is 10.1 Å². The minimum atomic E-state index is -3.60. The van der Waals surface area contributed by atoms with Crippen molar-refractivity contribution >= 4 is 32.4 Å². The number of amides is 1. The van der Waals surface area contributed by atoms with E-state index in [1.54, 1.807) is 6.07 Å². The van der Waals surface area contributed by atoms with Crippen LogP contribution in [0.2, 0.25) is 0 Å². The van der Waals surface area contributed by atoms with Crippen molar-refractivity contribution in [2.45, 2.75) is 18.7 Å². The van der Waals surface area contributed by atoms with E-state index in [2.05, 4.69) is 5.32 Å². The standard InChI is InChI=1S/C22H24N2O4S/c1-15-11-20(29(26,27)24(3)4)13-21(16(15)2)23-22(25)14-28-19-10-9-17-7-5-6-8-18(17)12-19/h5-13H,14H2,1-4H3,(H,23,25). The molecule has 0 unspecified atom stereocenters. The molecule has 0 saturated heterocycles. The lowest BCUT2D eigenvalue weighted by Crippen LogP contribution is -2.24. The number of hydrogen-bond donors (Lipinski definition) is 1. The van der Waals surface area contributed by atoms with E-state index in [9.17, 15) is 13.2 Å². The van der Waals surface area contributed by atoms with Crippen LogP contribution in [0.15, 0.2) is 59.5 Å². The van der Waals surface area contributed by atoms with Crippen LogP contribution >= 0.6 is 0 Å². The zero-order valence-corrected chi connectivity index (χ0v) is 17.7. The number of aryl methyl sites for hydroxylation is 1. The van der Waals surface area contributed by atoms with E-state index in [-0.39, 0.29) is 17.4 Å². The van der Waals surface area contributed by atoms with Crippen molar-refractivity contribution in [3.8, 4) is 5.75 Å². The zero-order valence-electron chi connectivity index (χ0n) is 16.9. The number of rotatable bonds is 6.